The summed E-state index contributed by atoms with van der Waals surface area (Å²) >= 11 is 1.75. The van der Waals surface area contributed by atoms with Crippen LogP contribution in [-0.4, -0.2) is 20.8 Å². The van der Waals surface area contributed by atoms with Gasteiger partial charge in [-0.05, 0) is 19.9 Å². The van der Waals surface area contributed by atoms with E-state index in [9.17, 15) is 0 Å². The highest BCUT2D eigenvalue weighted by molar-refractivity contribution is 7.11. The van der Waals surface area contributed by atoms with Crippen LogP contribution in [0.3, 0.4) is 0 Å². The van der Waals surface area contributed by atoms with E-state index in [1.807, 2.05) is 10.9 Å². The van der Waals surface area contributed by atoms with Crippen LogP contribution in [0.25, 0.3) is 0 Å². The van der Waals surface area contributed by atoms with Crippen molar-refractivity contribution in [2.75, 3.05) is 0 Å². The molecule has 2 aromatic heterocycles. The van der Waals surface area contributed by atoms with Crippen LogP contribution in [0.5, 0.6) is 0 Å². The Morgan fingerprint density at radius 3 is 2.78 bits per heavy atom. The first-order chi connectivity index (χ1) is 8.56. The van der Waals surface area contributed by atoms with Gasteiger partial charge in [0.05, 0.1) is 17.9 Å². The van der Waals surface area contributed by atoms with Gasteiger partial charge in [0.1, 0.15) is 5.01 Å². The van der Waals surface area contributed by atoms with Crippen LogP contribution < -0.4 is 5.32 Å². The summed E-state index contributed by atoms with van der Waals surface area (Å²) in [5.41, 5.74) is 2.33. The molecule has 0 radical (unpaired) electrons. The molecule has 0 saturated carbocycles. The Morgan fingerprint density at radius 2 is 2.17 bits per heavy atom. The Balaban J connectivity index is 2.07. The molecular weight excluding hydrogens is 244 g/mol. The fraction of sp³-hybridized carbons (Fsp3) is 0.538. The van der Waals surface area contributed by atoms with Gasteiger partial charge in [0.25, 0.3) is 0 Å². The number of rotatable bonds is 5. The molecule has 0 aliphatic carbocycles. The Bertz CT molecular complexity index is 493. The molecular formula is C13H20N4S. The largest absolute Gasteiger partial charge is 0.309 e. The molecule has 0 amide bonds. The lowest BCUT2D eigenvalue weighted by Crippen LogP contribution is -2.23. The molecule has 0 aromatic carbocycles. The summed E-state index contributed by atoms with van der Waals surface area (Å²) in [5, 5.41) is 8.91. The number of hydrogen-bond donors (Lipinski definition) is 1. The van der Waals surface area contributed by atoms with Crippen molar-refractivity contribution >= 4 is 11.3 Å². The van der Waals surface area contributed by atoms with Crippen molar-refractivity contribution < 1.29 is 0 Å². The van der Waals surface area contributed by atoms with Crippen molar-refractivity contribution in [2.24, 2.45) is 0 Å². The quantitative estimate of drug-likeness (QED) is 0.902. The van der Waals surface area contributed by atoms with Crippen molar-refractivity contribution in [3.63, 3.8) is 0 Å². The second-order valence-electron chi connectivity index (χ2n) is 4.76. The zero-order valence-electron chi connectivity index (χ0n) is 11.4. The van der Waals surface area contributed by atoms with Crippen molar-refractivity contribution in [1.29, 1.82) is 0 Å². The van der Waals surface area contributed by atoms with E-state index in [4.69, 9.17) is 0 Å². The van der Waals surface area contributed by atoms with Gasteiger partial charge in [-0.2, -0.15) is 5.10 Å². The van der Waals surface area contributed by atoms with Crippen LogP contribution in [0.1, 0.15) is 35.1 Å². The van der Waals surface area contributed by atoms with Gasteiger partial charge in [-0.15, -0.1) is 11.3 Å². The fourth-order valence-corrected chi connectivity index (χ4v) is 2.61. The van der Waals surface area contributed by atoms with Crippen LogP contribution in [0, 0.1) is 13.8 Å². The average molecular weight is 264 g/mol. The smallest absolute Gasteiger partial charge is 0.115 e. The molecule has 2 rings (SSSR count). The van der Waals surface area contributed by atoms with Gasteiger partial charge < -0.3 is 5.32 Å². The number of hydrogen-bond acceptors (Lipinski definition) is 4. The highest BCUT2D eigenvalue weighted by Gasteiger charge is 2.08. The van der Waals surface area contributed by atoms with Crippen LogP contribution in [0.2, 0.25) is 0 Å². The SMILES string of the molecule is Cc1nc(Cn2nccc2CNC(C)C)sc1C. The number of aromatic nitrogens is 3. The lowest BCUT2D eigenvalue weighted by atomic mass is 10.3. The van der Waals surface area contributed by atoms with Crippen molar-refractivity contribution in [3.05, 3.63) is 33.5 Å². The molecule has 0 aliphatic heterocycles. The maximum absolute atomic E-state index is 4.56. The van der Waals surface area contributed by atoms with E-state index in [-0.39, 0.29) is 0 Å². The first-order valence-electron chi connectivity index (χ1n) is 6.23. The first-order valence-corrected chi connectivity index (χ1v) is 7.05. The standard InChI is InChI=1S/C13H20N4S/c1-9(2)14-7-12-5-6-15-17(12)8-13-16-10(3)11(4)18-13/h5-6,9,14H,7-8H2,1-4H3. The predicted octanol–water partition coefficient (Wildman–Crippen LogP) is 2.50. The third-order valence-corrected chi connectivity index (χ3v) is 3.91. The number of nitrogens with zero attached hydrogens (tertiary/aromatic N) is 3. The van der Waals surface area contributed by atoms with E-state index in [0.717, 1.165) is 23.8 Å². The Hall–Kier alpha value is -1.20. The van der Waals surface area contributed by atoms with Gasteiger partial charge in [-0.3, -0.25) is 4.68 Å². The Kier molecular flexibility index (Phi) is 4.14. The molecule has 98 valence electrons. The maximum atomic E-state index is 4.56. The molecule has 0 fully saturated rings. The normalized spacial score (nSPS) is 11.4. The van der Waals surface area contributed by atoms with Gasteiger partial charge in [-0.1, -0.05) is 13.8 Å². The Morgan fingerprint density at radius 1 is 1.39 bits per heavy atom. The van der Waals surface area contributed by atoms with Crippen LogP contribution in [-0.2, 0) is 13.1 Å². The van der Waals surface area contributed by atoms with E-state index in [1.54, 1.807) is 11.3 Å². The van der Waals surface area contributed by atoms with E-state index < -0.39 is 0 Å². The highest BCUT2D eigenvalue weighted by atomic mass is 32.1. The third kappa shape index (κ3) is 3.17. The van der Waals surface area contributed by atoms with E-state index in [2.05, 4.69) is 49.2 Å². The minimum absolute atomic E-state index is 0.484. The highest BCUT2D eigenvalue weighted by Crippen LogP contribution is 2.17. The van der Waals surface area contributed by atoms with Crippen LogP contribution in [0.15, 0.2) is 12.3 Å². The van der Waals surface area contributed by atoms with Crippen molar-refractivity contribution in [2.45, 2.75) is 46.8 Å². The average Bonchev–Trinajstić information content (AvgIpc) is 2.85. The van der Waals surface area contributed by atoms with E-state index in [0.29, 0.717) is 6.04 Å². The molecule has 5 heteroatoms. The van der Waals surface area contributed by atoms with Gasteiger partial charge in [-0.25, -0.2) is 4.98 Å². The van der Waals surface area contributed by atoms with Gasteiger partial charge >= 0.3 is 0 Å². The molecule has 1 N–H and O–H groups in total. The molecule has 0 atom stereocenters. The Labute approximate surface area is 112 Å². The summed E-state index contributed by atoms with van der Waals surface area (Å²) < 4.78 is 2.02. The predicted molar refractivity (Wildman–Crippen MR) is 74.9 cm³/mol. The molecule has 0 aliphatic rings. The monoisotopic (exact) mass is 264 g/mol. The topological polar surface area (TPSA) is 42.7 Å². The molecule has 0 unspecified atom stereocenters. The van der Waals surface area contributed by atoms with E-state index in [1.165, 1.54) is 10.6 Å². The summed E-state index contributed by atoms with van der Waals surface area (Å²) in [6, 6.07) is 2.54. The summed E-state index contributed by atoms with van der Waals surface area (Å²) in [4.78, 5) is 5.85. The fourth-order valence-electron chi connectivity index (χ4n) is 1.70. The molecule has 0 spiro atoms. The van der Waals surface area contributed by atoms with Gasteiger partial charge in [0, 0.05) is 23.7 Å². The van der Waals surface area contributed by atoms with Gasteiger partial charge in [0.2, 0.25) is 0 Å². The van der Waals surface area contributed by atoms with Crippen molar-refractivity contribution in [1.82, 2.24) is 20.1 Å². The number of aryl methyl sites for hydroxylation is 2. The zero-order chi connectivity index (χ0) is 13.1. The second-order valence-corrected chi connectivity index (χ2v) is 6.05. The number of thiazole rings is 1. The minimum atomic E-state index is 0.484. The first kappa shape index (κ1) is 13.2. The number of nitrogens with one attached hydrogen (secondary N) is 1. The summed E-state index contributed by atoms with van der Waals surface area (Å²) in [6.07, 6.45) is 1.85. The molecule has 0 bridgehead atoms. The lowest BCUT2D eigenvalue weighted by molar-refractivity contribution is 0.546. The third-order valence-electron chi connectivity index (χ3n) is 2.85. The van der Waals surface area contributed by atoms with E-state index >= 15 is 0 Å². The molecule has 2 aromatic rings. The summed E-state index contributed by atoms with van der Waals surface area (Å²) in [6.45, 7) is 10.1. The molecule has 4 nitrogen and oxygen atoms in total. The summed E-state index contributed by atoms with van der Waals surface area (Å²) in [5.74, 6) is 0. The van der Waals surface area contributed by atoms with Crippen molar-refractivity contribution in [3.8, 4) is 0 Å². The molecule has 18 heavy (non-hydrogen) atoms. The molecule has 0 saturated heterocycles. The van der Waals surface area contributed by atoms with Gasteiger partial charge in [0.15, 0.2) is 0 Å². The second kappa shape index (κ2) is 5.63. The lowest BCUT2D eigenvalue weighted by Gasteiger charge is -2.09. The minimum Gasteiger partial charge on any atom is -0.309 e. The van der Waals surface area contributed by atoms with Crippen LogP contribution in [0.4, 0.5) is 0 Å². The summed E-state index contributed by atoms with van der Waals surface area (Å²) in [7, 11) is 0. The van der Waals surface area contributed by atoms with Crippen LogP contribution >= 0.6 is 11.3 Å². The zero-order valence-corrected chi connectivity index (χ0v) is 12.2. The maximum Gasteiger partial charge on any atom is 0.115 e. The molecule has 2 heterocycles.